The molecule has 5 nitrogen and oxygen atoms in total. The minimum Gasteiger partial charge on any atom is -0.508 e. The Morgan fingerprint density at radius 2 is 2.16 bits per heavy atom. The molecule has 1 aliphatic carbocycles. The van der Waals surface area contributed by atoms with Crippen LogP contribution in [0.2, 0.25) is 0 Å². The van der Waals surface area contributed by atoms with Crippen LogP contribution in [0.5, 0.6) is 11.5 Å². The second-order valence-electron chi connectivity index (χ2n) is 4.75. The van der Waals surface area contributed by atoms with Crippen LogP contribution >= 0.6 is 0 Å². The number of nitriles is 1. The maximum atomic E-state index is 9.47. The zero-order valence-electron chi connectivity index (χ0n) is 10.1. The normalized spacial score (nSPS) is 24.7. The third kappa shape index (κ3) is 1.69. The van der Waals surface area contributed by atoms with E-state index in [0.29, 0.717) is 29.1 Å². The lowest BCUT2D eigenvalue weighted by Gasteiger charge is -2.35. The van der Waals surface area contributed by atoms with Crippen LogP contribution in [-0.4, -0.2) is 11.2 Å². The van der Waals surface area contributed by atoms with Crippen molar-refractivity contribution in [2.75, 3.05) is 0 Å². The molecule has 1 aliphatic heterocycles. The maximum absolute atomic E-state index is 9.47. The van der Waals surface area contributed by atoms with Gasteiger partial charge in [-0.25, -0.2) is 0 Å². The first kappa shape index (κ1) is 11.5. The summed E-state index contributed by atoms with van der Waals surface area (Å²) in [6.45, 7) is 0. The minimum atomic E-state index is -0.286. The zero-order valence-corrected chi connectivity index (χ0v) is 10.1. The van der Waals surface area contributed by atoms with E-state index in [0.717, 1.165) is 5.56 Å². The molecule has 0 spiro atoms. The van der Waals surface area contributed by atoms with Gasteiger partial charge >= 0.3 is 0 Å². The van der Waals surface area contributed by atoms with E-state index in [1.165, 1.54) is 0 Å². The lowest BCUT2D eigenvalue weighted by Crippen LogP contribution is -2.39. The molecular weight excluding hydrogens is 242 g/mol. The number of fused-ring (bicyclic) bond motifs is 2. The molecule has 19 heavy (non-hydrogen) atoms. The van der Waals surface area contributed by atoms with Gasteiger partial charge < -0.3 is 21.3 Å². The van der Waals surface area contributed by atoms with E-state index in [4.69, 9.17) is 21.5 Å². The summed E-state index contributed by atoms with van der Waals surface area (Å²) in [5, 5.41) is 18.5. The molecule has 0 bridgehead atoms. The molecule has 0 saturated carbocycles. The monoisotopic (exact) mass is 255 g/mol. The molecule has 2 unspecified atom stereocenters. The van der Waals surface area contributed by atoms with Crippen LogP contribution in [0.3, 0.4) is 0 Å². The van der Waals surface area contributed by atoms with E-state index in [1.54, 1.807) is 18.2 Å². The molecule has 0 radical (unpaired) electrons. The van der Waals surface area contributed by atoms with Crippen molar-refractivity contribution < 1.29 is 9.84 Å². The van der Waals surface area contributed by atoms with Crippen molar-refractivity contribution in [2.45, 2.75) is 12.5 Å². The Balaban J connectivity index is 2.05. The predicted octanol–water partition coefficient (Wildman–Crippen LogP) is 0.904. The summed E-state index contributed by atoms with van der Waals surface area (Å²) < 4.78 is 5.81. The van der Waals surface area contributed by atoms with Gasteiger partial charge in [0.1, 0.15) is 23.7 Å². The Labute approximate surface area is 110 Å². The van der Waals surface area contributed by atoms with Crippen LogP contribution in [0.15, 0.2) is 41.2 Å². The third-order valence-electron chi connectivity index (χ3n) is 3.58. The molecule has 0 aromatic heterocycles. The van der Waals surface area contributed by atoms with Gasteiger partial charge in [0.15, 0.2) is 0 Å². The molecule has 3 rings (SSSR count). The molecule has 5 heteroatoms. The number of hydrogen-bond donors (Lipinski definition) is 3. The third-order valence-corrected chi connectivity index (χ3v) is 3.58. The average Bonchev–Trinajstić information content (AvgIpc) is 2.37. The predicted molar refractivity (Wildman–Crippen MR) is 68.8 cm³/mol. The number of phenols is 1. The second kappa shape index (κ2) is 3.95. The molecule has 0 fully saturated rings. The first-order chi connectivity index (χ1) is 9.10. The zero-order chi connectivity index (χ0) is 13.6. The number of nitrogens with two attached hydrogens (primary N) is 2. The van der Waals surface area contributed by atoms with Crippen molar-refractivity contribution in [1.29, 1.82) is 5.26 Å². The van der Waals surface area contributed by atoms with E-state index in [9.17, 15) is 5.11 Å². The molecular formula is C14H13N3O2. The van der Waals surface area contributed by atoms with Crippen molar-refractivity contribution in [3.63, 3.8) is 0 Å². The highest BCUT2D eigenvalue weighted by Gasteiger charge is 2.35. The van der Waals surface area contributed by atoms with Crippen LogP contribution < -0.4 is 16.2 Å². The van der Waals surface area contributed by atoms with Crippen LogP contribution in [0.25, 0.3) is 0 Å². The molecule has 0 amide bonds. The van der Waals surface area contributed by atoms with Crippen LogP contribution in [0, 0.1) is 17.2 Å². The van der Waals surface area contributed by atoms with E-state index in [1.807, 2.05) is 12.1 Å². The van der Waals surface area contributed by atoms with Gasteiger partial charge in [-0.05, 0) is 24.1 Å². The lowest BCUT2D eigenvalue weighted by atomic mass is 9.82. The Hall–Kier alpha value is -2.61. The molecule has 0 saturated heterocycles. The van der Waals surface area contributed by atoms with Crippen molar-refractivity contribution in [1.82, 2.24) is 0 Å². The first-order valence-corrected chi connectivity index (χ1v) is 5.96. The van der Waals surface area contributed by atoms with Gasteiger partial charge in [0, 0.05) is 17.7 Å². The minimum absolute atomic E-state index is 0.0843. The fraction of sp³-hybridized carbons (Fsp3) is 0.214. The lowest BCUT2D eigenvalue weighted by molar-refractivity contribution is 0.168. The summed E-state index contributed by atoms with van der Waals surface area (Å²) >= 11 is 0. The summed E-state index contributed by atoms with van der Waals surface area (Å²) in [5.41, 5.74) is 14.0. The molecule has 1 heterocycles. The topological polar surface area (TPSA) is 105 Å². The van der Waals surface area contributed by atoms with E-state index in [2.05, 4.69) is 0 Å². The van der Waals surface area contributed by atoms with Crippen LogP contribution in [0.4, 0.5) is 0 Å². The molecule has 96 valence electrons. The molecule has 1 aromatic carbocycles. The molecule has 2 aliphatic rings. The van der Waals surface area contributed by atoms with E-state index >= 15 is 0 Å². The average molecular weight is 255 g/mol. The van der Waals surface area contributed by atoms with Crippen LogP contribution in [0.1, 0.15) is 5.56 Å². The van der Waals surface area contributed by atoms with Crippen molar-refractivity contribution in [2.24, 2.45) is 17.4 Å². The standard InChI is InChI=1S/C14H13N3O2/c15-6-10-11(16)5-13-9(14(10)17)3-7-1-2-8(18)4-12(7)19-13/h1-2,4-5,9,13,18H,3,16-17H2. The fourth-order valence-electron chi connectivity index (χ4n) is 2.58. The van der Waals surface area contributed by atoms with Crippen molar-refractivity contribution in [3.8, 4) is 17.6 Å². The van der Waals surface area contributed by atoms with Crippen molar-refractivity contribution >= 4 is 0 Å². The van der Waals surface area contributed by atoms with E-state index < -0.39 is 0 Å². The number of nitrogens with zero attached hydrogens (tertiary/aromatic N) is 1. The summed E-state index contributed by atoms with van der Waals surface area (Å²) in [6.07, 6.45) is 2.10. The Kier molecular flexibility index (Phi) is 2.39. The largest absolute Gasteiger partial charge is 0.508 e. The summed E-state index contributed by atoms with van der Waals surface area (Å²) in [7, 11) is 0. The smallest absolute Gasteiger partial charge is 0.128 e. The van der Waals surface area contributed by atoms with Gasteiger partial charge in [0.05, 0.1) is 11.3 Å². The van der Waals surface area contributed by atoms with Gasteiger partial charge in [0.25, 0.3) is 0 Å². The number of aromatic hydroxyl groups is 1. The summed E-state index contributed by atoms with van der Waals surface area (Å²) in [6, 6.07) is 7.03. The molecule has 5 N–H and O–H groups in total. The Bertz CT molecular complexity index is 655. The quantitative estimate of drug-likeness (QED) is 0.639. The number of rotatable bonds is 0. The number of allylic oxidation sites excluding steroid dienone is 1. The molecule has 2 atom stereocenters. The first-order valence-electron chi connectivity index (χ1n) is 5.96. The fourth-order valence-corrected chi connectivity index (χ4v) is 2.58. The number of benzene rings is 1. The maximum Gasteiger partial charge on any atom is 0.128 e. The highest BCUT2D eigenvalue weighted by molar-refractivity contribution is 5.51. The highest BCUT2D eigenvalue weighted by Crippen LogP contribution is 2.38. The number of hydrogen-bond acceptors (Lipinski definition) is 5. The summed E-state index contributed by atoms with van der Waals surface area (Å²) in [5.74, 6) is 0.712. The van der Waals surface area contributed by atoms with Gasteiger partial charge in [-0.3, -0.25) is 0 Å². The van der Waals surface area contributed by atoms with Crippen LogP contribution in [-0.2, 0) is 6.42 Å². The number of phenolic OH excluding ortho intramolecular Hbond substituents is 1. The van der Waals surface area contributed by atoms with Gasteiger partial charge in [-0.1, -0.05) is 6.07 Å². The van der Waals surface area contributed by atoms with Gasteiger partial charge in [0.2, 0.25) is 0 Å². The van der Waals surface area contributed by atoms with E-state index in [-0.39, 0.29) is 17.8 Å². The SMILES string of the molecule is N#CC1=C(N)C2Cc3ccc(O)cc3OC2C=C1N. The van der Waals surface area contributed by atoms with Gasteiger partial charge in [-0.15, -0.1) is 0 Å². The van der Waals surface area contributed by atoms with Crippen molar-refractivity contribution in [3.05, 3.63) is 46.8 Å². The Morgan fingerprint density at radius 1 is 1.37 bits per heavy atom. The Morgan fingerprint density at radius 3 is 2.89 bits per heavy atom. The second-order valence-corrected chi connectivity index (χ2v) is 4.75. The summed E-state index contributed by atoms with van der Waals surface area (Å²) in [4.78, 5) is 0. The number of ether oxygens (including phenoxy) is 1. The van der Waals surface area contributed by atoms with Gasteiger partial charge in [-0.2, -0.15) is 5.26 Å². The molecule has 1 aromatic rings. The highest BCUT2D eigenvalue weighted by atomic mass is 16.5.